The Labute approximate surface area is 133 Å². The summed E-state index contributed by atoms with van der Waals surface area (Å²) >= 11 is 0. The predicted molar refractivity (Wildman–Crippen MR) is 81.6 cm³/mol. The number of nitrogens with zero attached hydrogens (tertiary/aromatic N) is 2. The number of nitro groups is 1. The number of ether oxygens (including phenoxy) is 1. The zero-order chi connectivity index (χ0) is 17.4. The first-order valence-electron chi connectivity index (χ1n) is 7.09. The monoisotopic (exact) mass is 324 g/mol. The minimum Gasteiger partial charge on any atom is -0.469 e. The number of aliphatic hydroxyl groups is 1. The van der Waals surface area contributed by atoms with Gasteiger partial charge in [-0.25, -0.2) is 0 Å². The molecule has 0 spiro atoms. The smallest absolute Gasteiger partial charge is 0.310 e. The van der Waals surface area contributed by atoms with Crippen molar-refractivity contribution < 1.29 is 24.4 Å². The molecule has 0 aliphatic heterocycles. The van der Waals surface area contributed by atoms with Crippen LogP contribution in [-0.4, -0.2) is 53.6 Å². The lowest BCUT2D eigenvalue weighted by Crippen LogP contribution is -2.40. The fourth-order valence-corrected chi connectivity index (χ4v) is 2.16. The summed E-state index contributed by atoms with van der Waals surface area (Å²) in [5.74, 6) is -1.42. The summed E-state index contributed by atoms with van der Waals surface area (Å²) in [6, 6.07) is 5.98. The fourth-order valence-electron chi connectivity index (χ4n) is 2.16. The van der Waals surface area contributed by atoms with Crippen LogP contribution in [0.3, 0.4) is 0 Å². The van der Waals surface area contributed by atoms with Crippen molar-refractivity contribution in [3.8, 4) is 0 Å². The third-order valence-electron chi connectivity index (χ3n) is 3.35. The third-order valence-corrected chi connectivity index (χ3v) is 3.35. The molecule has 1 atom stereocenters. The van der Waals surface area contributed by atoms with Crippen LogP contribution in [0.2, 0.25) is 0 Å². The maximum absolute atomic E-state index is 12.4. The Hall–Kier alpha value is -2.48. The highest BCUT2D eigenvalue weighted by Gasteiger charge is 2.23. The van der Waals surface area contributed by atoms with E-state index in [0.29, 0.717) is 0 Å². The summed E-state index contributed by atoms with van der Waals surface area (Å²) in [6.07, 6.45) is -0.176. The minimum atomic E-state index is -0.554. The van der Waals surface area contributed by atoms with E-state index < -0.39 is 22.7 Å². The molecule has 1 unspecified atom stereocenters. The fraction of sp³-hybridized carbons (Fsp3) is 0.467. The van der Waals surface area contributed by atoms with Crippen molar-refractivity contribution in [1.82, 2.24) is 4.90 Å². The van der Waals surface area contributed by atoms with Gasteiger partial charge in [-0.3, -0.25) is 19.7 Å². The van der Waals surface area contributed by atoms with Crippen molar-refractivity contribution in [3.63, 3.8) is 0 Å². The van der Waals surface area contributed by atoms with E-state index in [1.165, 1.54) is 30.2 Å². The molecule has 0 radical (unpaired) electrons. The number of para-hydroxylation sites is 1. The molecule has 0 fully saturated rings. The number of benzene rings is 1. The predicted octanol–water partition coefficient (Wildman–Crippen LogP) is 0.767. The van der Waals surface area contributed by atoms with Crippen LogP contribution in [0.25, 0.3) is 0 Å². The molecule has 0 aliphatic rings. The van der Waals surface area contributed by atoms with Crippen LogP contribution >= 0.6 is 0 Å². The third kappa shape index (κ3) is 5.33. The lowest BCUT2D eigenvalue weighted by molar-refractivity contribution is -0.385. The molecule has 1 rings (SSSR count). The van der Waals surface area contributed by atoms with Crippen LogP contribution in [0.1, 0.15) is 12.5 Å². The zero-order valence-electron chi connectivity index (χ0n) is 13.1. The standard InChI is InChI=1S/C15H20N2O6/c1-11(15(20)23-2)10-16(7-8-18)14(19)9-12-5-3-4-6-13(12)17(21)22/h3-6,11,18H,7-10H2,1-2H3. The molecule has 0 aliphatic carbocycles. The molecule has 1 N–H and O–H groups in total. The van der Waals surface area contributed by atoms with Gasteiger partial charge in [0.15, 0.2) is 0 Å². The summed E-state index contributed by atoms with van der Waals surface area (Å²) in [4.78, 5) is 35.6. The van der Waals surface area contributed by atoms with Gasteiger partial charge in [-0.1, -0.05) is 25.1 Å². The Balaban J connectivity index is 2.86. The Morgan fingerprint density at radius 1 is 1.39 bits per heavy atom. The molecule has 1 aromatic carbocycles. The van der Waals surface area contributed by atoms with Crippen LogP contribution in [0.5, 0.6) is 0 Å². The number of esters is 1. The Morgan fingerprint density at radius 2 is 2.04 bits per heavy atom. The van der Waals surface area contributed by atoms with Crippen molar-refractivity contribution in [2.45, 2.75) is 13.3 Å². The largest absolute Gasteiger partial charge is 0.469 e. The van der Waals surface area contributed by atoms with Gasteiger partial charge >= 0.3 is 5.97 Å². The van der Waals surface area contributed by atoms with E-state index in [1.807, 2.05) is 0 Å². The summed E-state index contributed by atoms with van der Waals surface area (Å²) in [5.41, 5.74) is 0.155. The van der Waals surface area contributed by atoms with E-state index >= 15 is 0 Å². The highest BCUT2D eigenvalue weighted by molar-refractivity contribution is 5.81. The second-order valence-corrected chi connectivity index (χ2v) is 5.05. The summed E-state index contributed by atoms with van der Waals surface area (Å²) < 4.78 is 4.61. The van der Waals surface area contributed by atoms with Crippen LogP contribution in [0.4, 0.5) is 5.69 Å². The van der Waals surface area contributed by atoms with Gasteiger partial charge in [0.2, 0.25) is 5.91 Å². The molecule has 0 saturated heterocycles. The van der Waals surface area contributed by atoms with Crippen LogP contribution < -0.4 is 0 Å². The van der Waals surface area contributed by atoms with Crippen molar-refractivity contribution in [2.75, 3.05) is 26.8 Å². The lowest BCUT2D eigenvalue weighted by atomic mass is 10.1. The normalized spacial score (nSPS) is 11.6. The topological polar surface area (TPSA) is 110 Å². The van der Waals surface area contributed by atoms with Crippen molar-refractivity contribution in [1.29, 1.82) is 0 Å². The number of carbonyl (C=O) groups excluding carboxylic acids is 2. The quantitative estimate of drug-likeness (QED) is 0.429. The van der Waals surface area contributed by atoms with E-state index in [2.05, 4.69) is 4.74 Å². The van der Waals surface area contributed by atoms with Crippen LogP contribution in [0.15, 0.2) is 24.3 Å². The second-order valence-electron chi connectivity index (χ2n) is 5.05. The molecule has 0 bridgehead atoms. The maximum Gasteiger partial charge on any atom is 0.310 e. The number of rotatable bonds is 8. The Morgan fingerprint density at radius 3 is 2.61 bits per heavy atom. The van der Waals surface area contributed by atoms with Crippen molar-refractivity contribution in [3.05, 3.63) is 39.9 Å². The summed E-state index contributed by atoms with van der Waals surface area (Å²) in [7, 11) is 1.25. The van der Waals surface area contributed by atoms with E-state index in [1.54, 1.807) is 13.0 Å². The average Bonchev–Trinajstić information content (AvgIpc) is 2.53. The number of carbonyl (C=O) groups is 2. The van der Waals surface area contributed by atoms with Crippen LogP contribution in [-0.2, 0) is 20.7 Å². The van der Waals surface area contributed by atoms with Gasteiger partial charge in [0.25, 0.3) is 5.69 Å². The van der Waals surface area contributed by atoms with Crippen molar-refractivity contribution >= 4 is 17.6 Å². The van der Waals surface area contributed by atoms with E-state index in [0.717, 1.165) is 0 Å². The average molecular weight is 324 g/mol. The number of aliphatic hydroxyl groups excluding tert-OH is 1. The van der Waals surface area contributed by atoms with Gasteiger partial charge in [-0.05, 0) is 0 Å². The lowest BCUT2D eigenvalue weighted by Gasteiger charge is -2.24. The minimum absolute atomic E-state index is 0.0425. The first kappa shape index (κ1) is 18.6. The highest BCUT2D eigenvalue weighted by atomic mass is 16.6. The molecule has 23 heavy (non-hydrogen) atoms. The zero-order valence-corrected chi connectivity index (χ0v) is 13.1. The molecule has 8 nitrogen and oxygen atoms in total. The van der Waals surface area contributed by atoms with Crippen molar-refractivity contribution in [2.24, 2.45) is 5.92 Å². The summed E-state index contributed by atoms with van der Waals surface area (Å²) in [5, 5.41) is 20.1. The summed E-state index contributed by atoms with van der Waals surface area (Å²) in [6.45, 7) is 1.46. The highest BCUT2D eigenvalue weighted by Crippen LogP contribution is 2.19. The first-order chi connectivity index (χ1) is 10.9. The van der Waals surface area contributed by atoms with E-state index in [-0.39, 0.29) is 37.4 Å². The van der Waals surface area contributed by atoms with Gasteiger partial charge in [0.05, 0.1) is 31.0 Å². The molecule has 0 aromatic heterocycles. The van der Waals surface area contributed by atoms with Gasteiger partial charge in [0, 0.05) is 24.7 Å². The second kappa shape index (κ2) is 8.84. The van der Waals surface area contributed by atoms with E-state index in [9.17, 15) is 19.7 Å². The molecule has 8 heteroatoms. The van der Waals surface area contributed by atoms with Gasteiger partial charge < -0.3 is 14.7 Å². The molecular formula is C15H20N2O6. The molecule has 1 amide bonds. The molecule has 1 aromatic rings. The van der Waals surface area contributed by atoms with Crippen LogP contribution in [0, 0.1) is 16.0 Å². The van der Waals surface area contributed by atoms with Gasteiger partial charge in [-0.2, -0.15) is 0 Å². The van der Waals surface area contributed by atoms with Gasteiger partial charge in [0.1, 0.15) is 0 Å². The number of amides is 1. The maximum atomic E-state index is 12.4. The molecular weight excluding hydrogens is 304 g/mol. The Bertz CT molecular complexity index is 575. The Kier molecular flexibility index (Phi) is 7.14. The first-order valence-corrected chi connectivity index (χ1v) is 7.09. The van der Waals surface area contributed by atoms with E-state index in [4.69, 9.17) is 5.11 Å². The van der Waals surface area contributed by atoms with Gasteiger partial charge in [-0.15, -0.1) is 0 Å². The molecule has 0 saturated carbocycles. The molecule has 126 valence electrons. The molecule has 0 heterocycles. The number of nitro benzene ring substituents is 1. The number of methoxy groups -OCH3 is 1. The SMILES string of the molecule is COC(=O)C(C)CN(CCO)C(=O)Cc1ccccc1[N+](=O)[O-]. The number of hydrogen-bond donors (Lipinski definition) is 1. The number of hydrogen-bond acceptors (Lipinski definition) is 6.